The second-order valence-corrected chi connectivity index (χ2v) is 6.15. The summed E-state index contributed by atoms with van der Waals surface area (Å²) in [4.78, 5) is 3.92. The van der Waals surface area contributed by atoms with E-state index in [1.165, 1.54) is 17.1 Å². The Bertz CT molecular complexity index is 708. The van der Waals surface area contributed by atoms with Gasteiger partial charge in [-0.15, -0.1) is 0 Å². The SMILES string of the molecule is CCCn1cc(S(=O)(=O)Nc2cncc(C)c2)c(N)n1. The number of nitrogens with two attached hydrogens (primary N) is 1. The topological polar surface area (TPSA) is 103 Å². The first-order chi connectivity index (χ1) is 9.42. The molecule has 0 aromatic carbocycles. The highest BCUT2D eigenvalue weighted by atomic mass is 32.2. The molecule has 2 aromatic heterocycles. The van der Waals surface area contributed by atoms with Gasteiger partial charge in [0.15, 0.2) is 5.82 Å². The zero-order valence-corrected chi connectivity index (χ0v) is 12.2. The van der Waals surface area contributed by atoms with Crippen molar-refractivity contribution < 1.29 is 8.42 Å². The molecule has 0 saturated carbocycles. The number of anilines is 2. The smallest absolute Gasteiger partial charge is 0.267 e. The highest BCUT2D eigenvalue weighted by Gasteiger charge is 2.21. The molecule has 0 aliphatic heterocycles. The summed E-state index contributed by atoms with van der Waals surface area (Å²) in [7, 11) is -3.76. The number of nitrogens with zero attached hydrogens (tertiary/aromatic N) is 3. The third kappa shape index (κ3) is 3.08. The van der Waals surface area contributed by atoms with Crippen molar-refractivity contribution in [2.45, 2.75) is 31.7 Å². The molecule has 0 unspecified atom stereocenters. The first kappa shape index (κ1) is 14.3. The fourth-order valence-corrected chi connectivity index (χ4v) is 2.90. The summed E-state index contributed by atoms with van der Waals surface area (Å²) in [5, 5.41) is 3.99. The third-order valence-corrected chi connectivity index (χ3v) is 4.02. The lowest BCUT2D eigenvalue weighted by atomic mass is 10.3. The molecule has 2 rings (SSSR count). The Hall–Kier alpha value is -2.09. The quantitative estimate of drug-likeness (QED) is 0.867. The Kier molecular flexibility index (Phi) is 3.93. The van der Waals surface area contributed by atoms with Crippen LogP contribution in [0.25, 0.3) is 0 Å². The Morgan fingerprint density at radius 2 is 2.15 bits per heavy atom. The Morgan fingerprint density at radius 3 is 2.80 bits per heavy atom. The molecule has 0 amide bonds. The number of aryl methyl sites for hydroxylation is 2. The van der Waals surface area contributed by atoms with E-state index in [-0.39, 0.29) is 10.7 Å². The second kappa shape index (κ2) is 5.49. The van der Waals surface area contributed by atoms with Gasteiger partial charge in [0.2, 0.25) is 0 Å². The van der Waals surface area contributed by atoms with Gasteiger partial charge in [-0.2, -0.15) is 5.10 Å². The standard InChI is InChI=1S/C12H17N5O2S/c1-3-4-17-8-11(12(13)15-17)20(18,19)16-10-5-9(2)6-14-7-10/h5-8,16H,3-4H2,1-2H3,(H2,13,15). The molecule has 20 heavy (non-hydrogen) atoms. The summed E-state index contributed by atoms with van der Waals surface area (Å²) in [6.45, 7) is 4.42. The molecule has 0 aliphatic carbocycles. The number of sulfonamides is 1. The summed E-state index contributed by atoms with van der Waals surface area (Å²) in [5.74, 6) is -0.00781. The van der Waals surface area contributed by atoms with Crippen LogP contribution in [0.3, 0.4) is 0 Å². The maximum atomic E-state index is 12.3. The van der Waals surface area contributed by atoms with Gasteiger partial charge in [0.05, 0.1) is 11.9 Å². The van der Waals surface area contributed by atoms with E-state index in [2.05, 4.69) is 14.8 Å². The molecule has 0 saturated heterocycles. The summed E-state index contributed by atoms with van der Waals surface area (Å²) in [6, 6.07) is 1.69. The van der Waals surface area contributed by atoms with Crippen molar-refractivity contribution in [1.29, 1.82) is 0 Å². The van der Waals surface area contributed by atoms with Crippen LogP contribution in [0, 0.1) is 6.92 Å². The molecule has 7 nitrogen and oxygen atoms in total. The fourth-order valence-electron chi connectivity index (χ4n) is 1.79. The molecular weight excluding hydrogens is 278 g/mol. The largest absolute Gasteiger partial charge is 0.381 e. The average molecular weight is 295 g/mol. The summed E-state index contributed by atoms with van der Waals surface area (Å²) in [5.41, 5.74) is 6.93. The van der Waals surface area contributed by atoms with E-state index < -0.39 is 10.0 Å². The molecule has 0 fully saturated rings. The molecule has 0 bridgehead atoms. The van der Waals surface area contributed by atoms with Crippen LogP contribution >= 0.6 is 0 Å². The van der Waals surface area contributed by atoms with Crippen molar-refractivity contribution in [2.24, 2.45) is 0 Å². The lowest BCUT2D eigenvalue weighted by molar-refractivity contribution is 0.595. The van der Waals surface area contributed by atoms with Crippen LogP contribution in [-0.2, 0) is 16.6 Å². The van der Waals surface area contributed by atoms with E-state index in [9.17, 15) is 8.42 Å². The van der Waals surface area contributed by atoms with Gasteiger partial charge in [-0.3, -0.25) is 14.4 Å². The minimum absolute atomic E-state index is 0.00781. The summed E-state index contributed by atoms with van der Waals surface area (Å²) < 4.78 is 28.5. The molecule has 8 heteroatoms. The van der Waals surface area contributed by atoms with Crippen LogP contribution in [0.2, 0.25) is 0 Å². The number of nitrogen functional groups attached to an aromatic ring is 1. The molecule has 2 heterocycles. The molecule has 0 radical (unpaired) electrons. The van der Waals surface area contributed by atoms with Crippen molar-refractivity contribution in [1.82, 2.24) is 14.8 Å². The van der Waals surface area contributed by atoms with Gasteiger partial charge in [0, 0.05) is 18.9 Å². The Morgan fingerprint density at radius 1 is 1.40 bits per heavy atom. The minimum Gasteiger partial charge on any atom is -0.381 e. The van der Waals surface area contributed by atoms with Gasteiger partial charge in [0.1, 0.15) is 4.90 Å². The van der Waals surface area contributed by atoms with Crippen LogP contribution in [0.15, 0.2) is 29.6 Å². The highest BCUT2D eigenvalue weighted by Crippen LogP contribution is 2.20. The predicted octanol–water partition coefficient (Wildman–Crippen LogP) is 1.38. The highest BCUT2D eigenvalue weighted by molar-refractivity contribution is 7.92. The lowest BCUT2D eigenvalue weighted by Crippen LogP contribution is -2.14. The van der Waals surface area contributed by atoms with Gasteiger partial charge in [0.25, 0.3) is 10.0 Å². The van der Waals surface area contributed by atoms with E-state index in [1.54, 1.807) is 12.3 Å². The molecule has 0 aliphatic rings. The molecule has 0 spiro atoms. The minimum atomic E-state index is -3.76. The average Bonchev–Trinajstić information content (AvgIpc) is 2.71. The van der Waals surface area contributed by atoms with Gasteiger partial charge in [-0.25, -0.2) is 8.42 Å². The predicted molar refractivity (Wildman–Crippen MR) is 76.7 cm³/mol. The maximum absolute atomic E-state index is 12.3. The summed E-state index contributed by atoms with van der Waals surface area (Å²) in [6.07, 6.45) is 5.36. The van der Waals surface area contributed by atoms with Gasteiger partial charge in [-0.05, 0) is 25.0 Å². The van der Waals surface area contributed by atoms with Crippen LogP contribution < -0.4 is 10.5 Å². The number of hydrogen-bond donors (Lipinski definition) is 2. The zero-order chi connectivity index (χ0) is 14.8. The monoisotopic (exact) mass is 295 g/mol. The zero-order valence-electron chi connectivity index (χ0n) is 11.4. The Balaban J connectivity index is 2.30. The third-order valence-electron chi connectivity index (χ3n) is 2.62. The van der Waals surface area contributed by atoms with Gasteiger partial charge < -0.3 is 5.73 Å². The van der Waals surface area contributed by atoms with Gasteiger partial charge in [-0.1, -0.05) is 6.92 Å². The number of aromatic nitrogens is 3. The maximum Gasteiger partial charge on any atom is 0.267 e. The fraction of sp³-hybridized carbons (Fsp3) is 0.333. The second-order valence-electron chi connectivity index (χ2n) is 4.50. The van der Waals surface area contributed by atoms with Gasteiger partial charge >= 0.3 is 0 Å². The first-order valence-electron chi connectivity index (χ1n) is 6.20. The van der Waals surface area contributed by atoms with E-state index >= 15 is 0 Å². The molecule has 108 valence electrons. The van der Waals surface area contributed by atoms with Crippen molar-refractivity contribution in [3.05, 3.63) is 30.2 Å². The molecule has 2 aromatic rings. The number of pyridine rings is 1. The molecule has 0 atom stereocenters. The first-order valence-corrected chi connectivity index (χ1v) is 7.68. The van der Waals surface area contributed by atoms with E-state index in [1.807, 2.05) is 13.8 Å². The van der Waals surface area contributed by atoms with Crippen molar-refractivity contribution in [2.75, 3.05) is 10.5 Å². The van der Waals surface area contributed by atoms with Crippen LogP contribution in [0.5, 0.6) is 0 Å². The van der Waals surface area contributed by atoms with Crippen LogP contribution in [0.1, 0.15) is 18.9 Å². The van der Waals surface area contributed by atoms with Crippen molar-refractivity contribution >= 4 is 21.5 Å². The van der Waals surface area contributed by atoms with Crippen molar-refractivity contribution in [3.8, 4) is 0 Å². The van der Waals surface area contributed by atoms with E-state index in [0.717, 1.165) is 12.0 Å². The number of rotatable bonds is 5. The summed E-state index contributed by atoms with van der Waals surface area (Å²) >= 11 is 0. The van der Waals surface area contributed by atoms with E-state index in [4.69, 9.17) is 5.73 Å². The Labute approximate surface area is 117 Å². The molecule has 3 N–H and O–H groups in total. The number of hydrogen-bond acceptors (Lipinski definition) is 5. The van der Waals surface area contributed by atoms with Crippen LogP contribution in [0.4, 0.5) is 11.5 Å². The van der Waals surface area contributed by atoms with Crippen molar-refractivity contribution in [3.63, 3.8) is 0 Å². The van der Waals surface area contributed by atoms with E-state index in [0.29, 0.717) is 12.2 Å². The van der Waals surface area contributed by atoms with Crippen LogP contribution in [-0.4, -0.2) is 23.2 Å². The molecular formula is C12H17N5O2S. The lowest BCUT2D eigenvalue weighted by Gasteiger charge is -2.06. The number of nitrogens with one attached hydrogen (secondary N) is 1. The normalized spacial score (nSPS) is 11.5.